The molecule has 2 aromatic carbocycles. The van der Waals surface area contributed by atoms with Crippen molar-refractivity contribution >= 4 is 12.4 Å². The van der Waals surface area contributed by atoms with Crippen molar-refractivity contribution in [1.29, 1.82) is 0 Å². The minimum atomic E-state index is -0.469. The van der Waals surface area contributed by atoms with Gasteiger partial charge in [0.2, 0.25) is 0 Å². The summed E-state index contributed by atoms with van der Waals surface area (Å²) in [4.78, 5) is 0. The Morgan fingerprint density at radius 1 is 1.00 bits per heavy atom. The molecule has 0 saturated heterocycles. The van der Waals surface area contributed by atoms with Crippen molar-refractivity contribution in [2.24, 2.45) is 0 Å². The van der Waals surface area contributed by atoms with Gasteiger partial charge in [-0.25, -0.2) is 0 Å². The third-order valence-corrected chi connectivity index (χ3v) is 3.99. The molecular formula is C19H26ClNO2. The Morgan fingerprint density at radius 2 is 1.65 bits per heavy atom. The number of aryl methyl sites for hydroxylation is 1. The fourth-order valence-corrected chi connectivity index (χ4v) is 2.53. The predicted octanol–water partition coefficient (Wildman–Crippen LogP) is 3.85. The normalized spacial score (nSPS) is 13.1. The molecule has 0 unspecified atom stereocenters. The third-order valence-electron chi connectivity index (χ3n) is 3.99. The topological polar surface area (TPSA) is 52.5 Å². The van der Waals surface area contributed by atoms with Crippen molar-refractivity contribution in [2.75, 3.05) is 6.54 Å². The molecule has 0 heterocycles. The molecule has 0 fully saturated rings. The van der Waals surface area contributed by atoms with Crippen LogP contribution in [0.1, 0.15) is 37.0 Å². The van der Waals surface area contributed by atoms with Gasteiger partial charge in [0.25, 0.3) is 0 Å². The van der Waals surface area contributed by atoms with Gasteiger partial charge in [0.05, 0.1) is 6.10 Å². The molecule has 126 valence electrons. The summed E-state index contributed by atoms with van der Waals surface area (Å²) in [7, 11) is 0. The molecule has 0 aromatic heterocycles. The number of phenols is 1. The molecule has 0 aliphatic heterocycles. The number of hydrogen-bond acceptors (Lipinski definition) is 3. The maximum Gasteiger partial charge on any atom is 0.115 e. The first-order valence-electron chi connectivity index (χ1n) is 7.93. The second-order valence-corrected chi connectivity index (χ2v) is 5.65. The minimum Gasteiger partial charge on any atom is -0.508 e. The van der Waals surface area contributed by atoms with Crippen LogP contribution >= 0.6 is 12.4 Å². The fraction of sp³-hybridized carbons (Fsp3) is 0.368. The van der Waals surface area contributed by atoms with Crippen LogP contribution in [0, 0.1) is 0 Å². The first kappa shape index (κ1) is 19.5. The van der Waals surface area contributed by atoms with E-state index in [-0.39, 0.29) is 12.4 Å². The van der Waals surface area contributed by atoms with Crippen molar-refractivity contribution in [3.05, 3.63) is 65.7 Å². The molecule has 2 aromatic rings. The van der Waals surface area contributed by atoms with Crippen LogP contribution in [0.5, 0.6) is 5.75 Å². The van der Waals surface area contributed by atoms with E-state index in [1.54, 1.807) is 12.1 Å². The Morgan fingerprint density at radius 3 is 2.26 bits per heavy atom. The van der Waals surface area contributed by atoms with Gasteiger partial charge in [-0.05, 0) is 42.5 Å². The molecule has 2 atom stereocenters. The van der Waals surface area contributed by atoms with E-state index in [9.17, 15) is 10.2 Å². The Hall–Kier alpha value is -1.55. The lowest BCUT2D eigenvalue weighted by molar-refractivity contribution is 0.168. The summed E-state index contributed by atoms with van der Waals surface area (Å²) in [6.45, 7) is 2.72. The second kappa shape index (κ2) is 10.3. The molecule has 0 amide bonds. The molecule has 3 nitrogen and oxygen atoms in total. The highest BCUT2D eigenvalue weighted by molar-refractivity contribution is 5.85. The van der Waals surface area contributed by atoms with Crippen molar-refractivity contribution in [1.82, 2.24) is 5.32 Å². The number of aliphatic hydroxyl groups excluding tert-OH is 1. The Kier molecular flexibility index (Phi) is 8.70. The lowest BCUT2D eigenvalue weighted by Crippen LogP contribution is -2.32. The number of aliphatic hydroxyl groups is 1. The number of rotatable bonds is 8. The zero-order chi connectivity index (χ0) is 15.8. The molecule has 0 bridgehead atoms. The molecule has 0 spiro atoms. The van der Waals surface area contributed by atoms with Crippen molar-refractivity contribution < 1.29 is 10.2 Å². The number of halogens is 1. The van der Waals surface area contributed by atoms with Crippen LogP contribution in [0.4, 0.5) is 0 Å². The van der Waals surface area contributed by atoms with Crippen LogP contribution in [0.2, 0.25) is 0 Å². The number of benzene rings is 2. The van der Waals surface area contributed by atoms with E-state index in [0.717, 1.165) is 24.8 Å². The van der Waals surface area contributed by atoms with Crippen LogP contribution < -0.4 is 5.32 Å². The average Bonchev–Trinajstić information content (AvgIpc) is 2.57. The summed E-state index contributed by atoms with van der Waals surface area (Å²) in [5.41, 5.74) is 2.17. The van der Waals surface area contributed by atoms with Gasteiger partial charge >= 0.3 is 0 Å². The van der Waals surface area contributed by atoms with E-state index in [0.29, 0.717) is 18.3 Å². The quantitative estimate of drug-likeness (QED) is 0.687. The molecule has 0 saturated carbocycles. The van der Waals surface area contributed by atoms with Gasteiger partial charge < -0.3 is 15.5 Å². The smallest absolute Gasteiger partial charge is 0.115 e. The number of aromatic hydroxyl groups is 1. The predicted molar refractivity (Wildman–Crippen MR) is 97.2 cm³/mol. The van der Waals surface area contributed by atoms with Crippen LogP contribution in [-0.4, -0.2) is 22.8 Å². The molecule has 2 rings (SSSR count). The second-order valence-electron chi connectivity index (χ2n) is 5.65. The first-order chi connectivity index (χ1) is 10.7. The number of phenolic OH excluding ortho intramolecular Hbond substituents is 1. The fourth-order valence-electron chi connectivity index (χ4n) is 2.53. The van der Waals surface area contributed by atoms with E-state index in [1.165, 1.54) is 5.56 Å². The minimum absolute atomic E-state index is 0. The van der Waals surface area contributed by atoms with Crippen LogP contribution in [-0.2, 0) is 6.42 Å². The van der Waals surface area contributed by atoms with Crippen LogP contribution in [0.3, 0.4) is 0 Å². The van der Waals surface area contributed by atoms with E-state index >= 15 is 0 Å². The molecule has 23 heavy (non-hydrogen) atoms. The van der Waals surface area contributed by atoms with Crippen molar-refractivity contribution in [3.8, 4) is 5.75 Å². The van der Waals surface area contributed by atoms with E-state index in [1.807, 2.05) is 42.5 Å². The van der Waals surface area contributed by atoms with E-state index in [4.69, 9.17) is 0 Å². The van der Waals surface area contributed by atoms with Crippen LogP contribution in [0.15, 0.2) is 54.6 Å². The van der Waals surface area contributed by atoms with Gasteiger partial charge in [0.15, 0.2) is 0 Å². The lowest BCUT2D eigenvalue weighted by atomic mass is 10.0. The standard InChI is InChI=1S/C19H25NO2.ClH/c1-2-17(11-8-15-9-12-18(21)13-10-15)20-14-19(22)16-6-4-3-5-7-16;/h3-7,9-10,12-13,17,19-22H,2,8,11,14H2,1H3;1H/t17-,19-;/m0./s1. The Bertz CT molecular complexity index is 545. The van der Waals surface area contributed by atoms with Crippen LogP contribution in [0.25, 0.3) is 0 Å². The summed E-state index contributed by atoms with van der Waals surface area (Å²) in [5, 5.41) is 22.9. The summed E-state index contributed by atoms with van der Waals surface area (Å²) in [6, 6.07) is 17.5. The molecular weight excluding hydrogens is 310 g/mol. The molecule has 0 aliphatic carbocycles. The molecule has 0 radical (unpaired) electrons. The summed E-state index contributed by atoms with van der Waals surface area (Å²) in [5.74, 6) is 0.305. The highest BCUT2D eigenvalue weighted by atomic mass is 35.5. The van der Waals surface area contributed by atoms with Crippen molar-refractivity contribution in [2.45, 2.75) is 38.3 Å². The first-order valence-corrected chi connectivity index (χ1v) is 7.93. The lowest BCUT2D eigenvalue weighted by Gasteiger charge is -2.20. The zero-order valence-corrected chi connectivity index (χ0v) is 14.3. The highest BCUT2D eigenvalue weighted by Crippen LogP contribution is 2.14. The van der Waals surface area contributed by atoms with E-state index in [2.05, 4.69) is 12.2 Å². The van der Waals surface area contributed by atoms with Gasteiger partial charge in [-0.15, -0.1) is 12.4 Å². The van der Waals surface area contributed by atoms with Gasteiger partial charge in [0.1, 0.15) is 5.75 Å². The highest BCUT2D eigenvalue weighted by Gasteiger charge is 2.11. The maximum absolute atomic E-state index is 10.2. The molecule has 4 heteroatoms. The Labute approximate surface area is 144 Å². The maximum atomic E-state index is 10.2. The third kappa shape index (κ3) is 6.61. The zero-order valence-electron chi connectivity index (χ0n) is 13.5. The van der Waals surface area contributed by atoms with Gasteiger partial charge in [-0.2, -0.15) is 0 Å². The monoisotopic (exact) mass is 335 g/mol. The average molecular weight is 336 g/mol. The van der Waals surface area contributed by atoms with Gasteiger partial charge in [0, 0.05) is 12.6 Å². The largest absolute Gasteiger partial charge is 0.508 e. The molecule has 0 aliphatic rings. The summed E-state index contributed by atoms with van der Waals surface area (Å²) < 4.78 is 0. The number of nitrogens with one attached hydrogen (secondary N) is 1. The Balaban J connectivity index is 0.00000264. The SMILES string of the molecule is CC[C@@H](CCc1ccc(O)cc1)NC[C@H](O)c1ccccc1.Cl. The van der Waals surface area contributed by atoms with E-state index < -0.39 is 6.10 Å². The summed E-state index contributed by atoms with van der Waals surface area (Å²) in [6.07, 6.45) is 2.54. The summed E-state index contributed by atoms with van der Waals surface area (Å²) >= 11 is 0. The molecule has 3 N–H and O–H groups in total. The van der Waals surface area contributed by atoms with Gasteiger partial charge in [-0.3, -0.25) is 0 Å². The number of hydrogen-bond donors (Lipinski definition) is 3. The van der Waals surface area contributed by atoms with Gasteiger partial charge in [-0.1, -0.05) is 49.4 Å². The van der Waals surface area contributed by atoms with Crippen molar-refractivity contribution in [3.63, 3.8) is 0 Å².